The molecule has 0 saturated heterocycles. The Kier molecular flexibility index (Phi) is 3.84. The quantitative estimate of drug-likeness (QED) is 0.852. The molecule has 2 aliphatic rings. The summed E-state index contributed by atoms with van der Waals surface area (Å²) in [6.07, 6.45) is 3.95. The molecule has 0 unspecified atom stereocenters. The van der Waals surface area contributed by atoms with E-state index in [1.165, 1.54) is 22.6 Å². The number of carbonyl (C=O) groups excluding carboxylic acids is 2. The van der Waals surface area contributed by atoms with Crippen LogP contribution in [0.25, 0.3) is 0 Å². The highest BCUT2D eigenvalue weighted by Crippen LogP contribution is 2.30. The van der Waals surface area contributed by atoms with Crippen LogP contribution in [0.3, 0.4) is 0 Å². The van der Waals surface area contributed by atoms with Crippen molar-refractivity contribution in [2.45, 2.75) is 45.1 Å². The number of aryl methyl sites for hydroxylation is 3. The first-order chi connectivity index (χ1) is 11.6. The molecular formula is C18H18N2O3S. The molecule has 2 aromatic rings. The molecule has 1 aliphatic heterocycles. The predicted molar refractivity (Wildman–Crippen MR) is 91.5 cm³/mol. The van der Waals surface area contributed by atoms with Gasteiger partial charge in [0.1, 0.15) is 0 Å². The molecule has 1 aliphatic carbocycles. The van der Waals surface area contributed by atoms with Gasteiger partial charge in [0.15, 0.2) is 11.2 Å². The number of anilines is 1. The van der Waals surface area contributed by atoms with Crippen molar-refractivity contribution in [2.75, 3.05) is 5.32 Å². The zero-order valence-electron chi connectivity index (χ0n) is 13.4. The van der Waals surface area contributed by atoms with Crippen LogP contribution in [0.15, 0.2) is 18.2 Å². The lowest BCUT2D eigenvalue weighted by molar-refractivity contribution is -0.125. The maximum atomic E-state index is 12.5. The molecule has 124 valence electrons. The Labute approximate surface area is 144 Å². The average Bonchev–Trinajstić information content (AvgIpc) is 2.97. The minimum absolute atomic E-state index is 0.305. The Balaban J connectivity index is 1.50. The fraction of sp³-hybridized carbons (Fsp3) is 0.389. The molecule has 1 N–H and O–H groups in total. The van der Waals surface area contributed by atoms with Crippen LogP contribution in [0.4, 0.5) is 5.13 Å². The van der Waals surface area contributed by atoms with E-state index in [1.807, 2.05) is 19.1 Å². The number of hydrogen-bond acceptors (Lipinski definition) is 5. The number of amides is 1. The highest BCUT2D eigenvalue weighted by molar-refractivity contribution is 7.15. The number of benzene rings is 1. The summed E-state index contributed by atoms with van der Waals surface area (Å²) in [5, 5.41) is 3.43. The van der Waals surface area contributed by atoms with Crippen molar-refractivity contribution < 1.29 is 14.3 Å². The van der Waals surface area contributed by atoms with Crippen molar-refractivity contribution in [1.29, 1.82) is 0 Å². The van der Waals surface area contributed by atoms with Crippen molar-refractivity contribution in [2.24, 2.45) is 0 Å². The Morgan fingerprint density at radius 1 is 1.33 bits per heavy atom. The van der Waals surface area contributed by atoms with Gasteiger partial charge in [-0.1, -0.05) is 17.7 Å². The van der Waals surface area contributed by atoms with Crippen LogP contribution in [0.2, 0.25) is 0 Å². The first-order valence-corrected chi connectivity index (χ1v) is 9.02. The number of aromatic nitrogens is 1. The smallest absolute Gasteiger partial charge is 0.339 e. The Bertz CT molecular complexity index is 804. The number of ether oxygens (including phenoxy) is 1. The fourth-order valence-corrected chi connectivity index (χ4v) is 4.28. The molecule has 4 rings (SSSR count). The molecule has 5 nitrogen and oxygen atoms in total. The zero-order chi connectivity index (χ0) is 16.7. The lowest BCUT2D eigenvalue weighted by atomic mass is 9.96. The second-order valence-corrected chi connectivity index (χ2v) is 7.43. The van der Waals surface area contributed by atoms with E-state index in [9.17, 15) is 9.59 Å². The maximum Gasteiger partial charge on any atom is 0.339 e. The Hall–Kier alpha value is -2.21. The number of carbonyl (C=O) groups is 2. The van der Waals surface area contributed by atoms with E-state index in [0.717, 1.165) is 36.1 Å². The van der Waals surface area contributed by atoms with Crippen LogP contribution in [0.1, 0.15) is 44.9 Å². The first kappa shape index (κ1) is 15.3. The lowest BCUT2D eigenvalue weighted by Crippen LogP contribution is -2.38. The number of nitrogens with one attached hydrogen (secondary N) is 1. The third kappa shape index (κ3) is 2.82. The normalized spacial score (nSPS) is 19.2. The summed E-state index contributed by atoms with van der Waals surface area (Å²) in [6, 6.07) is 5.65. The molecule has 1 aromatic carbocycles. The molecule has 1 amide bonds. The highest BCUT2D eigenvalue weighted by atomic mass is 32.1. The molecule has 0 spiro atoms. The maximum absolute atomic E-state index is 12.5. The van der Waals surface area contributed by atoms with Crippen LogP contribution in [0.5, 0.6) is 0 Å². The number of nitrogens with zero attached hydrogens (tertiary/aromatic N) is 1. The SMILES string of the molecule is Cc1ccc2c(c1)C(=O)O[C@@H](C(=O)Nc1nc3c(s1)CCCC3)C2. The fourth-order valence-electron chi connectivity index (χ4n) is 3.23. The molecule has 0 radical (unpaired) electrons. The summed E-state index contributed by atoms with van der Waals surface area (Å²) >= 11 is 1.53. The van der Waals surface area contributed by atoms with Crippen molar-refractivity contribution in [3.05, 3.63) is 45.5 Å². The predicted octanol–water partition coefficient (Wildman–Crippen LogP) is 3.05. The third-order valence-electron chi connectivity index (χ3n) is 4.51. The van der Waals surface area contributed by atoms with Crippen LogP contribution >= 0.6 is 11.3 Å². The van der Waals surface area contributed by atoms with E-state index in [0.29, 0.717) is 17.1 Å². The molecule has 1 aromatic heterocycles. The van der Waals surface area contributed by atoms with Crippen molar-refractivity contribution in [3.8, 4) is 0 Å². The molecule has 2 heterocycles. The largest absolute Gasteiger partial charge is 0.448 e. The third-order valence-corrected chi connectivity index (χ3v) is 5.58. The van der Waals surface area contributed by atoms with E-state index < -0.39 is 12.1 Å². The molecule has 24 heavy (non-hydrogen) atoms. The van der Waals surface area contributed by atoms with Gasteiger partial charge in [-0.3, -0.25) is 10.1 Å². The number of rotatable bonds is 2. The van der Waals surface area contributed by atoms with Crippen LogP contribution in [-0.4, -0.2) is 23.0 Å². The standard InChI is InChI=1S/C18H18N2O3S/c1-10-6-7-11-9-14(23-17(22)12(11)8-10)16(21)20-18-19-13-4-2-3-5-15(13)24-18/h6-8,14H,2-5,9H2,1H3,(H,19,20,21)/t14-/m1/s1. The number of cyclic esters (lactones) is 1. The molecule has 0 saturated carbocycles. The van der Waals surface area contributed by atoms with Gasteiger partial charge in [0, 0.05) is 11.3 Å². The molecular weight excluding hydrogens is 324 g/mol. The summed E-state index contributed by atoms with van der Waals surface area (Å²) in [6.45, 7) is 1.93. The minimum Gasteiger partial charge on any atom is -0.448 e. The monoisotopic (exact) mass is 342 g/mol. The first-order valence-electron chi connectivity index (χ1n) is 8.20. The second-order valence-electron chi connectivity index (χ2n) is 6.34. The van der Waals surface area contributed by atoms with Gasteiger partial charge in [0.25, 0.3) is 5.91 Å². The zero-order valence-corrected chi connectivity index (χ0v) is 14.2. The molecule has 1 atom stereocenters. The van der Waals surface area contributed by atoms with E-state index >= 15 is 0 Å². The number of esters is 1. The van der Waals surface area contributed by atoms with E-state index in [2.05, 4.69) is 10.3 Å². The van der Waals surface area contributed by atoms with Gasteiger partial charge in [-0.2, -0.15) is 0 Å². The van der Waals surface area contributed by atoms with Gasteiger partial charge >= 0.3 is 5.97 Å². The molecule has 0 bridgehead atoms. The van der Waals surface area contributed by atoms with Crippen LogP contribution in [-0.2, 0) is 28.8 Å². The van der Waals surface area contributed by atoms with Crippen molar-refractivity contribution in [3.63, 3.8) is 0 Å². The summed E-state index contributed by atoms with van der Waals surface area (Å²) < 4.78 is 5.33. The average molecular weight is 342 g/mol. The van der Waals surface area contributed by atoms with Gasteiger partial charge in [-0.05, 0) is 44.2 Å². The van der Waals surface area contributed by atoms with E-state index in [1.54, 1.807) is 6.07 Å². The summed E-state index contributed by atoms with van der Waals surface area (Å²) in [5.41, 5.74) is 3.52. The summed E-state index contributed by atoms with van der Waals surface area (Å²) in [4.78, 5) is 30.4. The number of hydrogen-bond donors (Lipinski definition) is 1. The van der Waals surface area contributed by atoms with Crippen molar-refractivity contribution >= 4 is 28.3 Å². The highest BCUT2D eigenvalue weighted by Gasteiger charge is 2.32. The van der Waals surface area contributed by atoms with Crippen molar-refractivity contribution in [1.82, 2.24) is 4.98 Å². The van der Waals surface area contributed by atoms with Gasteiger partial charge in [-0.25, -0.2) is 9.78 Å². The molecule has 0 fully saturated rings. The lowest BCUT2D eigenvalue weighted by Gasteiger charge is -2.23. The summed E-state index contributed by atoms with van der Waals surface area (Å²) in [7, 11) is 0. The van der Waals surface area contributed by atoms with E-state index in [-0.39, 0.29) is 5.91 Å². The minimum atomic E-state index is -0.798. The van der Waals surface area contributed by atoms with Gasteiger partial charge in [0.05, 0.1) is 11.3 Å². The van der Waals surface area contributed by atoms with Crippen LogP contribution < -0.4 is 5.32 Å². The Morgan fingerprint density at radius 3 is 3.00 bits per heavy atom. The van der Waals surface area contributed by atoms with Crippen LogP contribution in [0, 0.1) is 6.92 Å². The topological polar surface area (TPSA) is 68.3 Å². The molecule has 6 heteroatoms. The second kappa shape index (κ2) is 6.02. The van der Waals surface area contributed by atoms with Gasteiger partial charge < -0.3 is 4.74 Å². The number of thiazole rings is 1. The van der Waals surface area contributed by atoms with Gasteiger partial charge in [0.2, 0.25) is 0 Å². The number of fused-ring (bicyclic) bond motifs is 2. The van der Waals surface area contributed by atoms with E-state index in [4.69, 9.17) is 4.74 Å². The Morgan fingerprint density at radius 2 is 2.17 bits per heavy atom. The van der Waals surface area contributed by atoms with Gasteiger partial charge in [-0.15, -0.1) is 11.3 Å². The summed E-state index contributed by atoms with van der Waals surface area (Å²) in [5.74, 6) is -0.737.